The van der Waals surface area contributed by atoms with Crippen LogP contribution in [-0.4, -0.2) is 26.7 Å². The molecule has 24 heavy (non-hydrogen) atoms. The second kappa shape index (κ2) is 6.26. The highest BCUT2D eigenvalue weighted by atomic mass is 16.6. The Morgan fingerprint density at radius 2 is 1.96 bits per heavy atom. The van der Waals surface area contributed by atoms with E-state index >= 15 is 0 Å². The lowest BCUT2D eigenvalue weighted by atomic mass is 10.1. The van der Waals surface area contributed by atoms with Crippen LogP contribution in [0.5, 0.6) is 0 Å². The Morgan fingerprint density at radius 3 is 2.54 bits per heavy atom. The standard InChI is InChI=1S/C18H24N4O2/c1-12(19-17(23)24-18(2,3)4)13-7-9-15(10-8-13)22-11-16(20-21-22)14-5-6-14/h7-12,14H,5-6H2,1-4H3,(H,19,23). The van der Waals surface area contributed by atoms with Crippen LogP contribution < -0.4 is 5.32 Å². The van der Waals surface area contributed by atoms with Gasteiger partial charge < -0.3 is 10.1 Å². The minimum Gasteiger partial charge on any atom is -0.444 e. The van der Waals surface area contributed by atoms with Crippen LogP contribution in [0.3, 0.4) is 0 Å². The molecule has 3 rings (SSSR count). The van der Waals surface area contributed by atoms with Gasteiger partial charge in [-0.15, -0.1) is 5.10 Å². The van der Waals surface area contributed by atoms with Gasteiger partial charge in [-0.25, -0.2) is 9.48 Å². The van der Waals surface area contributed by atoms with Crippen LogP contribution in [0.1, 0.15) is 63.8 Å². The molecule has 1 aliphatic rings. The average Bonchev–Trinajstić information content (AvgIpc) is 3.23. The quantitative estimate of drug-likeness (QED) is 0.928. The zero-order valence-corrected chi connectivity index (χ0v) is 14.6. The first-order chi connectivity index (χ1) is 11.3. The van der Waals surface area contributed by atoms with E-state index in [2.05, 4.69) is 15.6 Å². The predicted molar refractivity (Wildman–Crippen MR) is 91.1 cm³/mol. The molecule has 1 saturated carbocycles. The number of nitrogens with one attached hydrogen (secondary N) is 1. The van der Waals surface area contributed by atoms with Crippen LogP contribution in [-0.2, 0) is 4.74 Å². The monoisotopic (exact) mass is 328 g/mol. The summed E-state index contributed by atoms with van der Waals surface area (Å²) in [5, 5.41) is 11.3. The van der Waals surface area contributed by atoms with Crippen molar-refractivity contribution in [2.45, 2.75) is 58.1 Å². The van der Waals surface area contributed by atoms with Crippen molar-refractivity contribution in [3.8, 4) is 5.69 Å². The van der Waals surface area contributed by atoms with Gasteiger partial charge in [0.25, 0.3) is 0 Å². The third-order valence-corrected chi connectivity index (χ3v) is 3.90. The average molecular weight is 328 g/mol. The van der Waals surface area contributed by atoms with E-state index < -0.39 is 11.7 Å². The fourth-order valence-corrected chi connectivity index (χ4v) is 2.45. The number of hydrogen-bond donors (Lipinski definition) is 1. The number of hydrogen-bond acceptors (Lipinski definition) is 4. The summed E-state index contributed by atoms with van der Waals surface area (Å²) in [4.78, 5) is 11.8. The van der Waals surface area contributed by atoms with Crippen molar-refractivity contribution in [2.24, 2.45) is 0 Å². The molecular formula is C18H24N4O2. The third kappa shape index (κ3) is 4.13. The van der Waals surface area contributed by atoms with Gasteiger partial charge in [-0.3, -0.25) is 0 Å². The maximum Gasteiger partial charge on any atom is 0.408 e. The fourth-order valence-electron chi connectivity index (χ4n) is 2.45. The lowest BCUT2D eigenvalue weighted by molar-refractivity contribution is 0.0508. The third-order valence-electron chi connectivity index (χ3n) is 3.90. The normalized spacial score (nSPS) is 15.8. The number of carbonyl (C=O) groups is 1. The summed E-state index contributed by atoms with van der Waals surface area (Å²) in [7, 11) is 0. The molecule has 0 bridgehead atoms. The van der Waals surface area contributed by atoms with Crippen molar-refractivity contribution in [2.75, 3.05) is 0 Å². The second-order valence-electron chi connectivity index (χ2n) is 7.32. The van der Waals surface area contributed by atoms with E-state index in [-0.39, 0.29) is 6.04 Å². The molecule has 0 aliphatic heterocycles. The van der Waals surface area contributed by atoms with E-state index in [4.69, 9.17) is 4.74 Å². The number of rotatable bonds is 4. The number of aromatic nitrogens is 3. The Kier molecular flexibility index (Phi) is 4.30. The van der Waals surface area contributed by atoms with Gasteiger partial charge in [0.15, 0.2) is 0 Å². The molecule has 1 fully saturated rings. The highest BCUT2D eigenvalue weighted by Crippen LogP contribution is 2.38. The van der Waals surface area contributed by atoms with Crippen molar-refractivity contribution in [1.82, 2.24) is 20.3 Å². The summed E-state index contributed by atoms with van der Waals surface area (Å²) >= 11 is 0. The number of alkyl carbamates (subject to hydrolysis) is 1. The Hall–Kier alpha value is -2.37. The maximum absolute atomic E-state index is 11.8. The summed E-state index contributed by atoms with van der Waals surface area (Å²) in [6.45, 7) is 7.47. The number of carbonyl (C=O) groups excluding carboxylic acids is 1. The molecule has 128 valence electrons. The zero-order valence-electron chi connectivity index (χ0n) is 14.6. The first-order valence-corrected chi connectivity index (χ1v) is 8.34. The number of amides is 1. The van der Waals surface area contributed by atoms with Gasteiger partial charge in [0.05, 0.1) is 23.6 Å². The first-order valence-electron chi connectivity index (χ1n) is 8.34. The van der Waals surface area contributed by atoms with Gasteiger partial charge in [0, 0.05) is 5.92 Å². The van der Waals surface area contributed by atoms with Crippen LogP contribution >= 0.6 is 0 Å². The van der Waals surface area contributed by atoms with Gasteiger partial charge in [0.2, 0.25) is 0 Å². The molecule has 1 aromatic carbocycles. The molecule has 0 spiro atoms. The van der Waals surface area contributed by atoms with Gasteiger partial charge in [0.1, 0.15) is 5.60 Å². The summed E-state index contributed by atoms with van der Waals surface area (Å²) < 4.78 is 7.08. The molecule has 1 amide bonds. The molecule has 1 aromatic heterocycles. The van der Waals surface area contributed by atoms with E-state index in [1.54, 1.807) is 4.68 Å². The smallest absolute Gasteiger partial charge is 0.408 e. The number of ether oxygens (including phenoxy) is 1. The Labute approximate surface area is 142 Å². The molecule has 6 nitrogen and oxygen atoms in total. The Morgan fingerprint density at radius 1 is 1.29 bits per heavy atom. The van der Waals surface area contributed by atoms with E-state index in [0.717, 1.165) is 16.9 Å². The van der Waals surface area contributed by atoms with Crippen LogP contribution in [0.4, 0.5) is 4.79 Å². The predicted octanol–water partition coefficient (Wildman–Crippen LogP) is 3.73. The van der Waals surface area contributed by atoms with Crippen LogP contribution in [0.15, 0.2) is 30.5 Å². The van der Waals surface area contributed by atoms with E-state index in [1.165, 1.54) is 12.8 Å². The molecular weight excluding hydrogens is 304 g/mol. The Bertz CT molecular complexity index is 711. The summed E-state index contributed by atoms with van der Waals surface area (Å²) in [6, 6.07) is 7.79. The minimum absolute atomic E-state index is 0.133. The molecule has 1 atom stereocenters. The molecule has 2 aromatic rings. The maximum atomic E-state index is 11.8. The largest absolute Gasteiger partial charge is 0.444 e. The van der Waals surface area contributed by atoms with Gasteiger partial charge >= 0.3 is 6.09 Å². The number of benzene rings is 1. The van der Waals surface area contributed by atoms with Crippen molar-refractivity contribution in [3.63, 3.8) is 0 Å². The molecule has 6 heteroatoms. The minimum atomic E-state index is -0.500. The molecule has 0 radical (unpaired) electrons. The van der Waals surface area contributed by atoms with Gasteiger partial charge in [-0.05, 0) is 58.2 Å². The van der Waals surface area contributed by atoms with Gasteiger partial charge in [-0.2, -0.15) is 0 Å². The van der Waals surface area contributed by atoms with E-state index in [0.29, 0.717) is 5.92 Å². The van der Waals surface area contributed by atoms with Gasteiger partial charge in [-0.1, -0.05) is 17.3 Å². The van der Waals surface area contributed by atoms with Crippen molar-refractivity contribution >= 4 is 6.09 Å². The first kappa shape index (κ1) is 16.5. The molecule has 1 N–H and O–H groups in total. The van der Waals surface area contributed by atoms with Crippen molar-refractivity contribution in [1.29, 1.82) is 0 Å². The molecule has 1 heterocycles. The Balaban J connectivity index is 1.63. The van der Waals surface area contributed by atoms with E-state index in [9.17, 15) is 4.79 Å². The van der Waals surface area contributed by atoms with Crippen LogP contribution in [0.25, 0.3) is 5.69 Å². The van der Waals surface area contributed by atoms with Crippen LogP contribution in [0, 0.1) is 0 Å². The fraction of sp³-hybridized carbons (Fsp3) is 0.500. The highest BCUT2D eigenvalue weighted by Gasteiger charge is 2.26. The molecule has 0 saturated heterocycles. The topological polar surface area (TPSA) is 69.0 Å². The molecule has 1 aliphatic carbocycles. The van der Waals surface area contributed by atoms with Crippen molar-refractivity contribution < 1.29 is 9.53 Å². The highest BCUT2D eigenvalue weighted by molar-refractivity contribution is 5.68. The second-order valence-corrected chi connectivity index (χ2v) is 7.32. The number of nitrogens with zero attached hydrogens (tertiary/aromatic N) is 3. The molecule has 1 unspecified atom stereocenters. The summed E-state index contributed by atoms with van der Waals surface area (Å²) in [5.41, 5.74) is 2.54. The summed E-state index contributed by atoms with van der Waals surface area (Å²) in [5.74, 6) is 0.594. The van der Waals surface area contributed by atoms with Crippen molar-refractivity contribution in [3.05, 3.63) is 41.7 Å². The summed E-state index contributed by atoms with van der Waals surface area (Å²) in [6.07, 6.45) is 4.01. The lowest BCUT2D eigenvalue weighted by Gasteiger charge is -2.22. The van der Waals surface area contributed by atoms with Crippen LogP contribution in [0.2, 0.25) is 0 Å². The SMILES string of the molecule is CC(NC(=O)OC(C)(C)C)c1ccc(-n2cc(C3CC3)nn2)cc1. The lowest BCUT2D eigenvalue weighted by Crippen LogP contribution is -2.34. The van der Waals surface area contributed by atoms with E-state index in [1.807, 2.05) is 58.2 Å². The zero-order chi connectivity index (χ0) is 17.3.